The van der Waals surface area contributed by atoms with Crippen LogP contribution in [0.3, 0.4) is 0 Å². The number of esters is 1. The molecule has 0 bridgehead atoms. The number of benzene rings is 1. The first-order valence-corrected chi connectivity index (χ1v) is 5.41. The van der Waals surface area contributed by atoms with E-state index in [2.05, 4.69) is 0 Å². The summed E-state index contributed by atoms with van der Waals surface area (Å²) in [5.41, 5.74) is 1.41. The smallest absolute Gasteiger partial charge is 0.338 e. The second-order valence-corrected chi connectivity index (χ2v) is 3.47. The summed E-state index contributed by atoms with van der Waals surface area (Å²) in [6.45, 7) is 1.97. The topological polar surface area (TPSA) is 60.4 Å². The van der Waals surface area contributed by atoms with Crippen LogP contribution in [-0.4, -0.2) is 25.1 Å². The number of ether oxygens (including phenoxy) is 1. The molecule has 0 radical (unpaired) electrons. The monoisotopic (exact) mass is 234 g/mol. The molecule has 0 aliphatic heterocycles. The van der Waals surface area contributed by atoms with Gasteiger partial charge in [-0.05, 0) is 31.0 Å². The van der Waals surface area contributed by atoms with Crippen molar-refractivity contribution >= 4 is 18.5 Å². The molecule has 1 aromatic rings. The highest BCUT2D eigenvalue weighted by atomic mass is 16.5. The van der Waals surface area contributed by atoms with E-state index < -0.39 is 5.97 Å². The van der Waals surface area contributed by atoms with Crippen LogP contribution in [0.15, 0.2) is 18.2 Å². The molecule has 0 aromatic heterocycles. The molecule has 0 N–H and O–H groups in total. The normalized spacial score (nSPS) is 9.71. The predicted molar refractivity (Wildman–Crippen MR) is 62.2 cm³/mol. The van der Waals surface area contributed by atoms with Crippen molar-refractivity contribution in [3.8, 4) is 0 Å². The van der Waals surface area contributed by atoms with Gasteiger partial charge in [-0.1, -0.05) is 6.07 Å². The zero-order valence-corrected chi connectivity index (χ0v) is 9.64. The Kier molecular flexibility index (Phi) is 5.07. The molecule has 4 nitrogen and oxygen atoms in total. The van der Waals surface area contributed by atoms with Crippen LogP contribution in [0.5, 0.6) is 0 Å². The van der Waals surface area contributed by atoms with Crippen LogP contribution < -0.4 is 0 Å². The number of rotatable bonds is 6. The van der Waals surface area contributed by atoms with E-state index >= 15 is 0 Å². The molecule has 0 spiro atoms. The molecule has 4 heteroatoms. The van der Waals surface area contributed by atoms with Crippen LogP contribution in [0.2, 0.25) is 0 Å². The van der Waals surface area contributed by atoms with Crippen LogP contribution in [0.1, 0.15) is 39.6 Å². The largest absolute Gasteiger partial charge is 0.462 e. The molecule has 1 aromatic carbocycles. The zero-order valence-electron chi connectivity index (χ0n) is 9.64. The number of aryl methyl sites for hydroxylation is 1. The van der Waals surface area contributed by atoms with E-state index in [0.29, 0.717) is 24.7 Å². The summed E-state index contributed by atoms with van der Waals surface area (Å²) in [5, 5.41) is 0. The van der Waals surface area contributed by atoms with Crippen molar-refractivity contribution in [3.63, 3.8) is 0 Å². The number of carbonyl (C=O) groups is 3. The first-order chi connectivity index (χ1) is 8.22. The fraction of sp³-hybridized carbons (Fsp3) is 0.308. The van der Waals surface area contributed by atoms with Crippen LogP contribution in [0, 0.1) is 0 Å². The quantitative estimate of drug-likeness (QED) is 0.556. The fourth-order valence-corrected chi connectivity index (χ4v) is 1.49. The maximum absolute atomic E-state index is 11.5. The van der Waals surface area contributed by atoms with E-state index in [1.54, 1.807) is 25.1 Å². The standard InChI is InChI=1S/C13H14O4/c1-2-17-13(16)12-6-5-10(4-3-7-14)8-11(12)9-15/h5-9H,2-4H2,1H3. The second kappa shape index (κ2) is 6.58. The molecule has 0 unspecified atom stereocenters. The summed E-state index contributed by atoms with van der Waals surface area (Å²) in [6, 6.07) is 4.90. The van der Waals surface area contributed by atoms with E-state index in [9.17, 15) is 14.4 Å². The lowest BCUT2D eigenvalue weighted by Gasteiger charge is -2.06. The summed E-state index contributed by atoms with van der Waals surface area (Å²) < 4.78 is 4.84. The van der Waals surface area contributed by atoms with Crippen molar-refractivity contribution in [2.45, 2.75) is 19.8 Å². The minimum absolute atomic E-state index is 0.261. The number of carbonyl (C=O) groups excluding carboxylic acids is 3. The van der Waals surface area contributed by atoms with E-state index in [1.165, 1.54) is 0 Å². The highest BCUT2D eigenvalue weighted by Crippen LogP contribution is 2.13. The minimum Gasteiger partial charge on any atom is -0.462 e. The Balaban J connectivity index is 2.96. The minimum atomic E-state index is -0.503. The van der Waals surface area contributed by atoms with Crippen molar-refractivity contribution in [1.29, 1.82) is 0 Å². The van der Waals surface area contributed by atoms with Gasteiger partial charge in [-0.15, -0.1) is 0 Å². The van der Waals surface area contributed by atoms with Crippen molar-refractivity contribution in [3.05, 3.63) is 34.9 Å². The molecule has 0 saturated carbocycles. The summed E-state index contributed by atoms with van der Waals surface area (Å²) in [4.78, 5) is 32.6. The molecule has 90 valence electrons. The van der Waals surface area contributed by atoms with Crippen molar-refractivity contribution in [1.82, 2.24) is 0 Å². The van der Waals surface area contributed by atoms with Gasteiger partial charge in [0.15, 0.2) is 6.29 Å². The van der Waals surface area contributed by atoms with E-state index in [0.717, 1.165) is 11.8 Å². The highest BCUT2D eigenvalue weighted by molar-refractivity contribution is 5.98. The van der Waals surface area contributed by atoms with Gasteiger partial charge in [-0.2, -0.15) is 0 Å². The van der Waals surface area contributed by atoms with Crippen molar-refractivity contribution in [2.75, 3.05) is 6.61 Å². The molecule has 0 aliphatic carbocycles. The van der Waals surface area contributed by atoms with E-state index in [1.807, 2.05) is 0 Å². The SMILES string of the molecule is CCOC(=O)c1ccc(CCC=O)cc1C=O. The highest BCUT2D eigenvalue weighted by Gasteiger charge is 2.12. The van der Waals surface area contributed by atoms with Gasteiger partial charge in [0.1, 0.15) is 6.29 Å². The number of aldehydes is 2. The molecule has 0 atom stereocenters. The van der Waals surface area contributed by atoms with Crippen LogP contribution in [-0.2, 0) is 16.0 Å². The molecule has 0 fully saturated rings. The third kappa shape index (κ3) is 3.52. The molecule has 0 aliphatic rings. The lowest BCUT2D eigenvalue weighted by molar-refractivity contribution is -0.107. The average Bonchev–Trinajstić information content (AvgIpc) is 2.36. The summed E-state index contributed by atoms with van der Waals surface area (Å²) >= 11 is 0. The van der Waals surface area contributed by atoms with Gasteiger partial charge < -0.3 is 9.53 Å². The van der Waals surface area contributed by atoms with Crippen LogP contribution in [0.4, 0.5) is 0 Å². The molecule has 17 heavy (non-hydrogen) atoms. The fourth-order valence-electron chi connectivity index (χ4n) is 1.49. The van der Waals surface area contributed by atoms with Gasteiger partial charge in [0.25, 0.3) is 0 Å². The second-order valence-electron chi connectivity index (χ2n) is 3.47. The summed E-state index contributed by atoms with van der Waals surface area (Å²) in [7, 11) is 0. The Labute approximate surface area is 99.6 Å². The molecular weight excluding hydrogens is 220 g/mol. The van der Waals surface area contributed by atoms with Crippen LogP contribution in [0.25, 0.3) is 0 Å². The molecule has 0 amide bonds. The first-order valence-electron chi connectivity index (χ1n) is 5.41. The Morgan fingerprint density at radius 3 is 2.71 bits per heavy atom. The number of hydrogen-bond donors (Lipinski definition) is 0. The Morgan fingerprint density at radius 2 is 2.12 bits per heavy atom. The zero-order chi connectivity index (χ0) is 12.7. The maximum Gasteiger partial charge on any atom is 0.338 e. The average molecular weight is 234 g/mol. The maximum atomic E-state index is 11.5. The summed E-state index contributed by atoms with van der Waals surface area (Å²) in [5.74, 6) is -0.503. The van der Waals surface area contributed by atoms with Gasteiger partial charge >= 0.3 is 5.97 Å². The lowest BCUT2D eigenvalue weighted by atomic mass is 10.0. The van der Waals surface area contributed by atoms with E-state index in [4.69, 9.17) is 4.74 Å². The third-order valence-corrected chi connectivity index (χ3v) is 2.29. The molecule has 0 saturated heterocycles. The van der Waals surface area contributed by atoms with Gasteiger partial charge in [-0.25, -0.2) is 4.79 Å². The first kappa shape index (κ1) is 13.1. The third-order valence-electron chi connectivity index (χ3n) is 2.29. The Bertz CT molecular complexity index is 423. The van der Waals surface area contributed by atoms with Gasteiger partial charge in [-0.3, -0.25) is 4.79 Å². The Morgan fingerprint density at radius 1 is 1.35 bits per heavy atom. The summed E-state index contributed by atoms with van der Waals surface area (Å²) in [6.07, 6.45) is 2.40. The van der Waals surface area contributed by atoms with Crippen LogP contribution >= 0.6 is 0 Å². The van der Waals surface area contributed by atoms with Gasteiger partial charge in [0, 0.05) is 12.0 Å². The number of hydrogen-bond acceptors (Lipinski definition) is 4. The van der Waals surface area contributed by atoms with E-state index in [-0.39, 0.29) is 12.2 Å². The van der Waals surface area contributed by atoms with Gasteiger partial charge in [0.2, 0.25) is 0 Å². The Hall–Kier alpha value is -1.97. The van der Waals surface area contributed by atoms with Gasteiger partial charge in [0.05, 0.1) is 12.2 Å². The molecule has 0 heterocycles. The van der Waals surface area contributed by atoms with Crippen molar-refractivity contribution in [2.24, 2.45) is 0 Å². The lowest BCUT2D eigenvalue weighted by Crippen LogP contribution is -2.08. The molecular formula is C13H14O4. The molecule has 1 rings (SSSR count). The van der Waals surface area contributed by atoms with Crippen molar-refractivity contribution < 1.29 is 19.1 Å². The predicted octanol–water partition coefficient (Wildman–Crippen LogP) is 1.81.